The topological polar surface area (TPSA) is 85.5 Å². The Labute approximate surface area is 258 Å². The van der Waals surface area contributed by atoms with E-state index in [0.717, 1.165) is 30.5 Å². The summed E-state index contributed by atoms with van der Waals surface area (Å²) in [6.45, 7) is 1.67. The first-order valence-electron chi connectivity index (χ1n) is 14.6. The number of primary amides is 1. The Kier molecular flexibility index (Phi) is 8.36. The molecule has 6 nitrogen and oxygen atoms in total. The van der Waals surface area contributed by atoms with Gasteiger partial charge in [-0.25, -0.2) is 4.98 Å². The quantitative estimate of drug-likeness (QED) is 0.179. The van der Waals surface area contributed by atoms with Crippen LogP contribution in [-0.2, 0) is 24.1 Å². The molecule has 228 valence electrons. The molecule has 1 saturated heterocycles. The van der Waals surface area contributed by atoms with Crippen molar-refractivity contribution in [2.45, 2.75) is 38.2 Å². The summed E-state index contributed by atoms with van der Waals surface area (Å²) in [5, 5.41) is 0.425. The van der Waals surface area contributed by atoms with Gasteiger partial charge in [0.15, 0.2) is 11.5 Å². The standard InChI is InChI=1S/C36H30F3N3O3/c37-36(38,39)34-32(33(43)25-8-2-1-3-9-25)31(28-12-4-5-13-29(28)41-34)26-10-6-11-27(20-26)45-22-24-17-15-23(16-18-24)21-42-19-7-14-30(42)35(40)44/h1-6,8-13,15-18,20,30H,7,14,19,21-22H2,(H2,40,44)/t30-/m0/s1. The highest BCUT2D eigenvalue weighted by Crippen LogP contribution is 2.41. The second-order valence-electron chi connectivity index (χ2n) is 11.1. The number of ether oxygens (including phenoxy) is 1. The molecule has 45 heavy (non-hydrogen) atoms. The second-order valence-corrected chi connectivity index (χ2v) is 11.1. The molecule has 2 N–H and O–H groups in total. The number of carbonyl (C=O) groups excluding carboxylic acids is 2. The van der Waals surface area contributed by atoms with Crippen molar-refractivity contribution in [1.82, 2.24) is 9.88 Å². The summed E-state index contributed by atoms with van der Waals surface area (Å²) in [6, 6.07) is 28.7. The van der Waals surface area contributed by atoms with Crippen LogP contribution in [0.3, 0.4) is 0 Å². The van der Waals surface area contributed by atoms with E-state index in [-0.39, 0.29) is 35.2 Å². The van der Waals surface area contributed by atoms with Gasteiger partial charge in [-0.3, -0.25) is 14.5 Å². The number of nitrogens with zero attached hydrogens (tertiary/aromatic N) is 2. The van der Waals surface area contributed by atoms with E-state index in [9.17, 15) is 22.8 Å². The Morgan fingerprint density at radius 1 is 0.889 bits per heavy atom. The number of hydrogen-bond donors (Lipinski definition) is 1. The number of amides is 1. The van der Waals surface area contributed by atoms with Crippen LogP contribution < -0.4 is 10.5 Å². The Morgan fingerprint density at radius 3 is 2.33 bits per heavy atom. The fourth-order valence-electron chi connectivity index (χ4n) is 5.89. The first kappa shape index (κ1) is 30.0. The first-order chi connectivity index (χ1) is 21.7. The summed E-state index contributed by atoms with van der Waals surface area (Å²) >= 11 is 0. The highest BCUT2D eigenvalue weighted by Gasteiger charge is 2.40. The molecule has 1 atom stereocenters. The van der Waals surface area contributed by atoms with Gasteiger partial charge in [0, 0.05) is 23.1 Å². The molecule has 0 spiro atoms. The summed E-state index contributed by atoms with van der Waals surface area (Å²) in [6.07, 6.45) is -3.16. The number of ketones is 1. The minimum atomic E-state index is -4.87. The monoisotopic (exact) mass is 609 g/mol. The first-order valence-corrected chi connectivity index (χ1v) is 14.6. The number of alkyl halides is 3. The maximum absolute atomic E-state index is 14.5. The van der Waals surface area contributed by atoms with E-state index in [1.54, 1.807) is 60.7 Å². The van der Waals surface area contributed by atoms with Gasteiger partial charge in [0.25, 0.3) is 0 Å². The van der Waals surface area contributed by atoms with E-state index >= 15 is 0 Å². The molecule has 0 radical (unpaired) electrons. The largest absolute Gasteiger partial charge is 0.489 e. The zero-order valence-corrected chi connectivity index (χ0v) is 24.3. The molecule has 1 aromatic heterocycles. The lowest BCUT2D eigenvalue weighted by atomic mass is 9.89. The molecular formula is C36H30F3N3O3. The van der Waals surface area contributed by atoms with E-state index in [4.69, 9.17) is 10.5 Å². The number of para-hydroxylation sites is 1. The van der Waals surface area contributed by atoms with Crippen LogP contribution in [-0.4, -0.2) is 34.2 Å². The zero-order valence-electron chi connectivity index (χ0n) is 24.3. The molecule has 9 heteroatoms. The van der Waals surface area contributed by atoms with Crippen molar-refractivity contribution in [1.29, 1.82) is 0 Å². The molecule has 0 saturated carbocycles. The Morgan fingerprint density at radius 2 is 1.60 bits per heavy atom. The van der Waals surface area contributed by atoms with Gasteiger partial charge in [-0.2, -0.15) is 13.2 Å². The normalized spacial score (nSPS) is 15.3. The highest BCUT2D eigenvalue weighted by atomic mass is 19.4. The summed E-state index contributed by atoms with van der Waals surface area (Å²) in [7, 11) is 0. The SMILES string of the molecule is NC(=O)[C@@H]1CCCN1Cc1ccc(COc2cccc(-c3c(C(=O)c4ccccc4)c(C(F)(F)F)nc4ccccc34)c2)cc1. The van der Waals surface area contributed by atoms with Crippen LogP contribution >= 0.6 is 0 Å². The van der Waals surface area contributed by atoms with Gasteiger partial charge in [0.05, 0.1) is 17.1 Å². The number of nitrogens with two attached hydrogens (primary N) is 1. The lowest BCUT2D eigenvalue weighted by Gasteiger charge is -2.21. The third kappa shape index (κ3) is 6.44. The number of rotatable bonds is 9. The molecule has 1 aliphatic heterocycles. The Balaban J connectivity index is 1.31. The van der Waals surface area contributed by atoms with E-state index in [2.05, 4.69) is 9.88 Å². The van der Waals surface area contributed by atoms with E-state index in [1.807, 2.05) is 24.3 Å². The van der Waals surface area contributed by atoms with E-state index < -0.39 is 23.2 Å². The van der Waals surface area contributed by atoms with Crippen molar-refractivity contribution in [2.75, 3.05) is 6.54 Å². The number of aromatic nitrogens is 1. The predicted molar refractivity (Wildman–Crippen MR) is 165 cm³/mol. The predicted octanol–water partition coefficient (Wildman–Crippen LogP) is 7.18. The third-order valence-corrected chi connectivity index (χ3v) is 8.05. The third-order valence-electron chi connectivity index (χ3n) is 8.05. The number of fused-ring (bicyclic) bond motifs is 1. The molecule has 0 unspecified atom stereocenters. The van der Waals surface area contributed by atoms with Gasteiger partial charge in [-0.05, 0) is 54.3 Å². The molecule has 5 aromatic rings. The van der Waals surface area contributed by atoms with Crippen molar-refractivity contribution in [3.8, 4) is 16.9 Å². The molecular weight excluding hydrogens is 579 g/mol. The molecule has 0 bridgehead atoms. The average Bonchev–Trinajstić information content (AvgIpc) is 3.52. The van der Waals surface area contributed by atoms with Crippen LogP contribution in [0, 0.1) is 0 Å². The molecule has 4 aromatic carbocycles. The van der Waals surface area contributed by atoms with Crippen LogP contribution in [0.4, 0.5) is 13.2 Å². The van der Waals surface area contributed by atoms with Crippen molar-refractivity contribution >= 4 is 22.6 Å². The lowest BCUT2D eigenvalue weighted by Crippen LogP contribution is -2.39. The van der Waals surface area contributed by atoms with Crippen molar-refractivity contribution in [2.24, 2.45) is 5.73 Å². The average molecular weight is 610 g/mol. The van der Waals surface area contributed by atoms with Crippen molar-refractivity contribution < 1.29 is 27.5 Å². The molecule has 2 heterocycles. The zero-order chi connectivity index (χ0) is 31.6. The van der Waals surface area contributed by atoms with Crippen LogP contribution in [0.25, 0.3) is 22.0 Å². The fourth-order valence-corrected chi connectivity index (χ4v) is 5.89. The van der Waals surface area contributed by atoms with Crippen LogP contribution in [0.1, 0.15) is 45.6 Å². The van der Waals surface area contributed by atoms with Crippen LogP contribution in [0.5, 0.6) is 5.75 Å². The van der Waals surface area contributed by atoms with E-state index in [1.165, 1.54) is 18.2 Å². The Hall–Kier alpha value is -5.02. The lowest BCUT2D eigenvalue weighted by molar-refractivity contribution is -0.141. The number of carbonyl (C=O) groups is 2. The number of likely N-dealkylation sites (tertiary alicyclic amines) is 1. The minimum Gasteiger partial charge on any atom is -0.489 e. The van der Waals surface area contributed by atoms with Gasteiger partial charge in [-0.1, -0.05) is 84.9 Å². The van der Waals surface area contributed by atoms with Crippen LogP contribution in [0.2, 0.25) is 0 Å². The highest BCUT2D eigenvalue weighted by molar-refractivity contribution is 6.17. The van der Waals surface area contributed by atoms with Gasteiger partial charge in [-0.15, -0.1) is 0 Å². The van der Waals surface area contributed by atoms with E-state index in [0.29, 0.717) is 23.2 Å². The summed E-state index contributed by atoms with van der Waals surface area (Å²) in [5.41, 5.74) is 6.57. The molecule has 1 aliphatic rings. The fraction of sp³-hybridized carbons (Fsp3) is 0.194. The smallest absolute Gasteiger partial charge is 0.434 e. The Bertz CT molecular complexity index is 1860. The molecule has 1 fully saturated rings. The van der Waals surface area contributed by atoms with Gasteiger partial charge < -0.3 is 10.5 Å². The summed E-state index contributed by atoms with van der Waals surface area (Å²) in [4.78, 5) is 31.5. The van der Waals surface area contributed by atoms with Gasteiger partial charge in [0.2, 0.25) is 5.91 Å². The van der Waals surface area contributed by atoms with Crippen molar-refractivity contribution in [3.63, 3.8) is 0 Å². The maximum Gasteiger partial charge on any atom is 0.434 e. The molecule has 6 rings (SSSR count). The maximum atomic E-state index is 14.5. The van der Waals surface area contributed by atoms with Crippen LogP contribution in [0.15, 0.2) is 103 Å². The molecule has 0 aliphatic carbocycles. The van der Waals surface area contributed by atoms with Gasteiger partial charge >= 0.3 is 6.18 Å². The number of benzene rings is 4. The number of halogens is 3. The second kappa shape index (κ2) is 12.5. The number of hydrogen-bond acceptors (Lipinski definition) is 5. The van der Waals surface area contributed by atoms with Gasteiger partial charge in [0.1, 0.15) is 12.4 Å². The van der Waals surface area contributed by atoms with Crippen molar-refractivity contribution in [3.05, 3.63) is 131 Å². The summed E-state index contributed by atoms with van der Waals surface area (Å²) < 4.78 is 49.5. The minimum absolute atomic E-state index is 0.131. The molecule has 1 amide bonds. The number of pyridine rings is 1. The summed E-state index contributed by atoms with van der Waals surface area (Å²) in [5.74, 6) is -0.630.